The average Bonchev–Trinajstić information content (AvgIpc) is 3.31. The van der Waals surface area contributed by atoms with Crippen molar-refractivity contribution in [3.63, 3.8) is 0 Å². The predicted molar refractivity (Wildman–Crippen MR) is 121 cm³/mol. The van der Waals surface area contributed by atoms with Crippen LogP contribution in [0.5, 0.6) is 5.75 Å². The van der Waals surface area contributed by atoms with Gasteiger partial charge >= 0.3 is 17.9 Å². The van der Waals surface area contributed by atoms with Crippen molar-refractivity contribution in [1.82, 2.24) is 9.91 Å². The lowest BCUT2D eigenvalue weighted by Crippen LogP contribution is -2.48. The molecular weight excluding hydrogens is 472 g/mol. The number of nitrogens with zero attached hydrogens (tertiary/aromatic N) is 3. The monoisotopic (exact) mass is 503 g/mol. The molecule has 0 aliphatic heterocycles. The number of hydrogen-bond donors (Lipinski definition) is 3. The first kappa shape index (κ1) is 29.7. The number of carboxylic acids is 3. The van der Waals surface area contributed by atoms with Gasteiger partial charge in [-0.05, 0) is 32.0 Å². The fraction of sp³-hybridized carbons (Fsp3) is 0.545. The zero-order valence-electron chi connectivity index (χ0n) is 19.9. The Morgan fingerprint density at radius 2 is 1.60 bits per heavy atom. The molecule has 0 saturated heterocycles. The number of aliphatic carboxylic acids is 3. The molecule has 13 heteroatoms. The van der Waals surface area contributed by atoms with Gasteiger partial charge in [-0.3, -0.25) is 5.01 Å². The Morgan fingerprint density at radius 3 is 2.11 bits per heavy atom. The summed E-state index contributed by atoms with van der Waals surface area (Å²) < 4.78 is 39.0. The lowest BCUT2D eigenvalue weighted by atomic mass is 9.98. The second kappa shape index (κ2) is 14.2. The highest BCUT2D eigenvalue weighted by atomic mass is 19.2. The number of carboxylic acid groups (broad SMARTS) is 3. The van der Waals surface area contributed by atoms with Crippen molar-refractivity contribution in [2.45, 2.75) is 31.2 Å². The molecule has 1 saturated carbocycles. The Morgan fingerprint density at radius 1 is 1.03 bits per heavy atom. The molecule has 35 heavy (non-hydrogen) atoms. The zero-order valence-corrected chi connectivity index (χ0v) is 19.9. The fourth-order valence-electron chi connectivity index (χ4n) is 3.32. The van der Waals surface area contributed by atoms with Crippen molar-refractivity contribution in [2.24, 2.45) is 5.10 Å². The molecule has 1 aliphatic carbocycles. The maximum atomic E-state index is 14.4. The second-order valence-corrected chi connectivity index (χ2v) is 7.85. The summed E-state index contributed by atoms with van der Waals surface area (Å²) in [6.07, 6.45) is 3.67. The van der Waals surface area contributed by atoms with E-state index in [1.165, 1.54) is 17.1 Å². The highest BCUT2D eigenvalue weighted by Gasteiger charge is 2.45. The van der Waals surface area contributed by atoms with Crippen LogP contribution in [-0.2, 0) is 19.1 Å². The summed E-state index contributed by atoms with van der Waals surface area (Å²) in [5.41, 5.74) is -1.17. The second-order valence-electron chi connectivity index (χ2n) is 7.85. The van der Waals surface area contributed by atoms with Crippen LogP contribution < -0.4 is 4.74 Å². The van der Waals surface area contributed by atoms with E-state index in [4.69, 9.17) is 29.3 Å². The van der Waals surface area contributed by atoms with Gasteiger partial charge in [0, 0.05) is 32.8 Å². The number of rotatable bonds is 11. The summed E-state index contributed by atoms with van der Waals surface area (Å²) in [6, 6.07) is 2.71. The minimum atomic E-state index is -1.82. The minimum absolute atomic E-state index is 0.0718. The third-order valence-corrected chi connectivity index (χ3v) is 5.49. The summed E-state index contributed by atoms with van der Waals surface area (Å²) in [6.45, 7) is 2.02. The van der Waals surface area contributed by atoms with E-state index >= 15 is 0 Å². The number of benzene rings is 1. The molecule has 2 rings (SSSR count). The molecule has 0 aromatic heterocycles. The van der Waals surface area contributed by atoms with Crippen LogP contribution in [0.25, 0.3) is 0 Å². The number of carbonyl (C=O) groups is 3. The highest BCUT2D eigenvalue weighted by molar-refractivity contribution is 6.27. The predicted octanol–water partition coefficient (Wildman–Crippen LogP) is 1.74. The topological polar surface area (TPSA) is 149 Å². The van der Waals surface area contributed by atoms with Gasteiger partial charge in [0.15, 0.2) is 17.1 Å². The summed E-state index contributed by atoms with van der Waals surface area (Å²) in [4.78, 5) is 31.8. The van der Waals surface area contributed by atoms with Gasteiger partial charge in [0.2, 0.25) is 5.82 Å². The molecule has 1 aliphatic rings. The van der Waals surface area contributed by atoms with Crippen molar-refractivity contribution in [2.75, 3.05) is 47.5 Å². The van der Waals surface area contributed by atoms with Gasteiger partial charge in [0.1, 0.15) is 6.61 Å². The van der Waals surface area contributed by atoms with E-state index in [1.54, 1.807) is 14.2 Å². The van der Waals surface area contributed by atoms with E-state index in [0.29, 0.717) is 32.5 Å². The van der Waals surface area contributed by atoms with Crippen molar-refractivity contribution < 1.29 is 48.0 Å². The van der Waals surface area contributed by atoms with Crippen LogP contribution in [0.1, 0.15) is 31.2 Å². The third kappa shape index (κ3) is 8.76. The summed E-state index contributed by atoms with van der Waals surface area (Å²) in [5.74, 6) is -6.95. The number of hydrogen-bond acceptors (Lipinski definition) is 8. The third-order valence-electron chi connectivity index (χ3n) is 5.49. The molecule has 0 spiro atoms. The van der Waals surface area contributed by atoms with Gasteiger partial charge in [-0.25, -0.2) is 18.8 Å². The Balaban J connectivity index is 0.000000905. The Bertz CT molecular complexity index is 895. The summed E-state index contributed by atoms with van der Waals surface area (Å²) in [7, 11) is 5.03. The molecule has 0 atom stereocenters. The van der Waals surface area contributed by atoms with Gasteiger partial charge in [-0.1, -0.05) is 12.8 Å². The SMILES string of the molecule is COCCN(C)CCOc1ccc(/C=N/N(C)C2(C(=O)O)CCCC2)c(F)c1F.O=C(O)C(=O)O. The van der Waals surface area contributed by atoms with E-state index in [1.807, 2.05) is 11.9 Å². The van der Waals surface area contributed by atoms with Crippen LogP contribution in [0.4, 0.5) is 8.78 Å². The Kier molecular flexibility index (Phi) is 12.0. The molecule has 0 amide bonds. The van der Waals surface area contributed by atoms with E-state index < -0.39 is 35.1 Å². The Hall–Kier alpha value is -3.32. The minimum Gasteiger partial charge on any atom is -0.489 e. The first-order chi connectivity index (χ1) is 16.5. The van der Waals surface area contributed by atoms with Gasteiger partial charge in [0.05, 0.1) is 12.8 Å². The van der Waals surface area contributed by atoms with E-state index in [2.05, 4.69) is 5.10 Å². The molecular formula is C22H31F2N3O8. The number of ether oxygens (including phenoxy) is 2. The molecule has 0 unspecified atom stereocenters. The van der Waals surface area contributed by atoms with Crippen LogP contribution in [0.3, 0.4) is 0 Å². The number of methoxy groups -OCH3 is 1. The van der Waals surface area contributed by atoms with Crippen molar-refractivity contribution in [1.29, 1.82) is 0 Å². The average molecular weight is 503 g/mol. The molecule has 11 nitrogen and oxygen atoms in total. The van der Waals surface area contributed by atoms with E-state index in [9.17, 15) is 18.7 Å². The Labute approximate surface area is 201 Å². The van der Waals surface area contributed by atoms with Crippen molar-refractivity contribution >= 4 is 24.1 Å². The molecule has 1 aromatic rings. The molecule has 0 radical (unpaired) electrons. The van der Waals surface area contributed by atoms with E-state index in [-0.39, 0.29) is 17.9 Å². The number of hydrazone groups is 1. The van der Waals surface area contributed by atoms with Crippen LogP contribution >= 0.6 is 0 Å². The zero-order chi connectivity index (χ0) is 26.6. The van der Waals surface area contributed by atoms with Crippen LogP contribution in [0, 0.1) is 11.6 Å². The van der Waals surface area contributed by atoms with Crippen LogP contribution in [0.15, 0.2) is 17.2 Å². The first-order valence-corrected chi connectivity index (χ1v) is 10.7. The molecule has 0 bridgehead atoms. The van der Waals surface area contributed by atoms with Gasteiger partial charge in [0.25, 0.3) is 0 Å². The normalized spacial score (nSPS) is 14.5. The van der Waals surface area contributed by atoms with Gasteiger partial charge in [-0.2, -0.15) is 9.49 Å². The molecule has 3 N–H and O–H groups in total. The lowest BCUT2D eigenvalue weighted by molar-refractivity contribution is -0.159. The number of halogens is 2. The number of likely N-dealkylation sites (N-methyl/N-ethyl adjacent to an activating group) is 2. The van der Waals surface area contributed by atoms with Gasteiger partial charge in [-0.15, -0.1) is 0 Å². The van der Waals surface area contributed by atoms with E-state index in [0.717, 1.165) is 19.1 Å². The summed E-state index contributed by atoms with van der Waals surface area (Å²) in [5, 5.41) is 29.8. The highest BCUT2D eigenvalue weighted by Crippen LogP contribution is 2.35. The van der Waals surface area contributed by atoms with Crippen LogP contribution in [-0.4, -0.2) is 102 Å². The van der Waals surface area contributed by atoms with Crippen molar-refractivity contribution in [3.8, 4) is 5.75 Å². The van der Waals surface area contributed by atoms with Crippen molar-refractivity contribution in [3.05, 3.63) is 29.3 Å². The largest absolute Gasteiger partial charge is 0.489 e. The maximum Gasteiger partial charge on any atom is 0.414 e. The summed E-state index contributed by atoms with van der Waals surface area (Å²) >= 11 is 0. The first-order valence-electron chi connectivity index (χ1n) is 10.7. The quantitative estimate of drug-likeness (QED) is 0.232. The molecule has 0 heterocycles. The molecule has 1 aromatic carbocycles. The van der Waals surface area contributed by atoms with Gasteiger partial charge < -0.3 is 29.7 Å². The standard InChI is InChI=1S/C20H29F2N3O4.C2H2O4/c1-24(10-12-28-3)11-13-29-16-7-6-15(17(21)18(16)22)14-23-25(2)20(19(26)27)8-4-5-9-20;3-1(4)2(5)6/h6-7,14H,4-5,8-13H2,1-3H3,(H,26,27);(H,3,4)(H,5,6)/b23-14+;. The van der Waals surface area contributed by atoms with Crippen LogP contribution in [0.2, 0.25) is 0 Å². The molecule has 1 fully saturated rings. The fourth-order valence-corrected chi connectivity index (χ4v) is 3.32. The molecule has 196 valence electrons. The smallest absolute Gasteiger partial charge is 0.414 e. The maximum absolute atomic E-state index is 14.4. The lowest BCUT2D eigenvalue weighted by Gasteiger charge is -2.32.